The van der Waals surface area contributed by atoms with E-state index in [4.69, 9.17) is 0 Å². The van der Waals surface area contributed by atoms with Crippen LogP contribution in [0.25, 0.3) is 0 Å². The molecule has 1 atom stereocenters. The molecule has 17 heavy (non-hydrogen) atoms. The van der Waals surface area contributed by atoms with E-state index in [1.165, 1.54) is 6.08 Å². The number of hydrogen-bond donors (Lipinski definition) is 1. The Labute approximate surface area is 100 Å². The molecule has 1 heterocycles. The minimum absolute atomic E-state index is 0.0510. The van der Waals surface area contributed by atoms with Crippen molar-refractivity contribution in [3.05, 3.63) is 46.9 Å². The molecule has 0 saturated heterocycles. The first-order valence-corrected chi connectivity index (χ1v) is 6.96. The number of benzene rings is 1. The average molecular weight is 251 g/mol. The van der Waals surface area contributed by atoms with Crippen LogP contribution in [0.15, 0.2) is 35.7 Å². The van der Waals surface area contributed by atoms with Gasteiger partial charge in [-0.05, 0) is 25.1 Å². The molecule has 1 aromatic carbocycles. The predicted molar refractivity (Wildman–Crippen MR) is 65.4 cm³/mol. The molecular weight excluding hydrogens is 238 g/mol. The van der Waals surface area contributed by atoms with Crippen LogP contribution in [-0.2, 0) is 9.84 Å². The van der Waals surface area contributed by atoms with E-state index in [0.717, 1.165) is 11.0 Å². The summed E-state index contributed by atoms with van der Waals surface area (Å²) in [4.78, 5) is 11.8. The topological polar surface area (TPSA) is 63.2 Å². The molecule has 0 saturated carbocycles. The van der Waals surface area contributed by atoms with Crippen molar-refractivity contribution in [3.63, 3.8) is 0 Å². The van der Waals surface area contributed by atoms with Gasteiger partial charge >= 0.3 is 0 Å². The summed E-state index contributed by atoms with van der Waals surface area (Å²) in [5, 5.41) is 3.81. The molecule has 1 N–H and O–H groups in total. The second-order valence-electron chi connectivity index (χ2n) is 4.10. The lowest BCUT2D eigenvalue weighted by Gasteiger charge is -2.09. The highest BCUT2D eigenvalue weighted by molar-refractivity contribution is 7.94. The SMILES string of the molecule is Cc1ccc(C(=O)NC2C=CS(=O)(=O)C2)cc1. The molecule has 1 aliphatic rings. The minimum atomic E-state index is -3.13. The van der Waals surface area contributed by atoms with Crippen molar-refractivity contribution in [2.45, 2.75) is 13.0 Å². The summed E-state index contributed by atoms with van der Waals surface area (Å²) in [5.41, 5.74) is 1.61. The monoisotopic (exact) mass is 251 g/mol. The fraction of sp³-hybridized carbons (Fsp3) is 0.250. The summed E-state index contributed by atoms with van der Waals surface area (Å²) in [6.07, 6.45) is 1.50. The molecule has 2 rings (SSSR count). The summed E-state index contributed by atoms with van der Waals surface area (Å²) in [5.74, 6) is -0.304. The Balaban J connectivity index is 2.04. The highest BCUT2D eigenvalue weighted by atomic mass is 32.2. The lowest BCUT2D eigenvalue weighted by atomic mass is 10.1. The Kier molecular flexibility index (Phi) is 3.02. The number of carbonyl (C=O) groups excluding carboxylic acids is 1. The third kappa shape index (κ3) is 2.94. The van der Waals surface area contributed by atoms with E-state index in [9.17, 15) is 13.2 Å². The zero-order valence-electron chi connectivity index (χ0n) is 9.38. The molecule has 4 nitrogen and oxygen atoms in total. The summed E-state index contributed by atoms with van der Waals surface area (Å²) in [6, 6.07) is 6.70. The molecule has 0 spiro atoms. The van der Waals surface area contributed by atoms with Crippen molar-refractivity contribution in [1.82, 2.24) is 5.32 Å². The van der Waals surface area contributed by atoms with Crippen molar-refractivity contribution < 1.29 is 13.2 Å². The van der Waals surface area contributed by atoms with Gasteiger partial charge in [0.1, 0.15) is 0 Å². The van der Waals surface area contributed by atoms with E-state index in [2.05, 4.69) is 5.32 Å². The van der Waals surface area contributed by atoms with Gasteiger partial charge in [-0.3, -0.25) is 4.79 Å². The van der Waals surface area contributed by atoms with Gasteiger partial charge in [0.25, 0.3) is 5.91 Å². The van der Waals surface area contributed by atoms with Gasteiger partial charge in [-0.25, -0.2) is 8.42 Å². The molecule has 90 valence electrons. The molecule has 1 unspecified atom stereocenters. The summed E-state index contributed by atoms with van der Waals surface area (Å²) >= 11 is 0. The van der Waals surface area contributed by atoms with Gasteiger partial charge in [-0.1, -0.05) is 17.7 Å². The van der Waals surface area contributed by atoms with Gasteiger partial charge in [0.15, 0.2) is 9.84 Å². The van der Waals surface area contributed by atoms with Gasteiger partial charge in [0.2, 0.25) is 0 Å². The molecule has 1 amide bonds. The van der Waals surface area contributed by atoms with Gasteiger partial charge < -0.3 is 5.32 Å². The third-order valence-corrected chi connectivity index (χ3v) is 3.96. The number of carbonyl (C=O) groups is 1. The summed E-state index contributed by atoms with van der Waals surface area (Å²) < 4.78 is 22.3. The Morgan fingerprint density at radius 1 is 1.29 bits per heavy atom. The number of amides is 1. The largest absolute Gasteiger partial charge is 0.345 e. The van der Waals surface area contributed by atoms with E-state index in [0.29, 0.717) is 5.56 Å². The van der Waals surface area contributed by atoms with Crippen LogP contribution in [0.4, 0.5) is 0 Å². The highest BCUT2D eigenvalue weighted by Crippen LogP contribution is 2.09. The van der Waals surface area contributed by atoms with E-state index >= 15 is 0 Å². The van der Waals surface area contributed by atoms with Crippen LogP contribution in [0, 0.1) is 6.92 Å². The van der Waals surface area contributed by atoms with E-state index in [1.54, 1.807) is 12.1 Å². The molecule has 1 aromatic rings. The number of nitrogens with one attached hydrogen (secondary N) is 1. The van der Waals surface area contributed by atoms with E-state index in [1.807, 2.05) is 19.1 Å². The van der Waals surface area contributed by atoms with Crippen molar-refractivity contribution in [2.24, 2.45) is 0 Å². The lowest BCUT2D eigenvalue weighted by Crippen LogP contribution is -2.35. The Morgan fingerprint density at radius 2 is 1.94 bits per heavy atom. The zero-order valence-corrected chi connectivity index (χ0v) is 10.2. The van der Waals surface area contributed by atoms with Crippen LogP contribution in [0.1, 0.15) is 15.9 Å². The van der Waals surface area contributed by atoms with Crippen LogP contribution in [0.5, 0.6) is 0 Å². The van der Waals surface area contributed by atoms with Crippen molar-refractivity contribution in [3.8, 4) is 0 Å². The minimum Gasteiger partial charge on any atom is -0.345 e. The molecule has 0 fully saturated rings. The molecule has 0 aromatic heterocycles. The molecule has 0 aliphatic carbocycles. The molecule has 0 bridgehead atoms. The van der Waals surface area contributed by atoms with Gasteiger partial charge in [0.05, 0.1) is 11.8 Å². The van der Waals surface area contributed by atoms with E-state index in [-0.39, 0.29) is 11.7 Å². The number of rotatable bonds is 2. The maximum atomic E-state index is 11.8. The smallest absolute Gasteiger partial charge is 0.251 e. The molecule has 0 radical (unpaired) electrons. The quantitative estimate of drug-likeness (QED) is 0.854. The number of aryl methyl sites for hydroxylation is 1. The second-order valence-corrected chi connectivity index (χ2v) is 6.04. The third-order valence-electron chi connectivity index (χ3n) is 2.56. The zero-order chi connectivity index (χ0) is 12.5. The Bertz CT molecular complexity index is 558. The Hall–Kier alpha value is -1.62. The number of sulfone groups is 1. The molecule has 1 aliphatic heterocycles. The normalized spacial score (nSPS) is 21.4. The fourth-order valence-corrected chi connectivity index (χ4v) is 2.86. The Morgan fingerprint density at radius 3 is 2.47 bits per heavy atom. The van der Waals surface area contributed by atoms with Gasteiger partial charge in [-0.2, -0.15) is 0 Å². The van der Waals surface area contributed by atoms with Gasteiger partial charge in [0, 0.05) is 11.0 Å². The first kappa shape index (κ1) is 11.9. The summed E-state index contributed by atoms with van der Waals surface area (Å²) in [6.45, 7) is 1.94. The van der Waals surface area contributed by atoms with Crippen molar-refractivity contribution in [2.75, 3.05) is 5.75 Å². The summed E-state index contributed by atoms with van der Waals surface area (Å²) in [7, 11) is -3.13. The molecular formula is C12H13NO3S. The van der Waals surface area contributed by atoms with E-state index < -0.39 is 15.9 Å². The van der Waals surface area contributed by atoms with Crippen LogP contribution >= 0.6 is 0 Å². The standard InChI is InChI=1S/C12H13NO3S/c1-9-2-4-10(5-3-9)12(14)13-11-6-7-17(15,16)8-11/h2-7,11H,8H2,1H3,(H,13,14). The van der Waals surface area contributed by atoms with Crippen LogP contribution in [0.2, 0.25) is 0 Å². The lowest BCUT2D eigenvalue weighted by molar-refractivity contribution is 0.0947. The predicted octanol–water partition coefficient (Wildman–Crippen LogP) is 1.04. The van der Waals surface area contributed by atoms with Gasteiger partial charge in [-0.15, -0.1) is 0 Å². The fourth-order valence-electron chi connectivity index (χ4n) is 1.62. The number of hydrogen-bond acceptors (Lipinski definition) is 3. The van der Waals surface area contributed by atoms with Crippen molar-refractivity contribution in [1.29, 1.82) is 0 Å². The van der Waals surface area contributed by atoms with Crippen LogP contribution in [-0.4, -0.2) is 26.1 Å². The maximum Gasteiger partial charge on any atom is 0.251 e. The second kappa shape index (κ2) is 4.33. The van der Waals surface area contributed by atoms with Crippen molar-refractivity contribution >= 4 is 15.7 Å². The van der Waals surface area contributed by atoms with Crippen LogP contribution < -0.4 is 5.32 Å². The molecule has 5 heteroatoms. The first-order chi connectivity index (χ1) is 7.96. The van der Waals surface area contributed by atoms with Crippen LogP contribution in [0.3, 0.4) is 0 Å². The maximum absolute atomic E-state index is 11.8. The average Bonchev–Trinajstić information content (AvgIpc) is 2.59. The first-order valence-electron chi connectivity index (χ1n) is 5.25. The highest BCUT2D eigenvalue weighted by Gasteiger charge is 2.23.